The van der Waals surface area contributed by atoms with Crippen LogP contribution in [0.15, 0.2) is 4.99 Å². The van der Waals surface area contributed by atoms with Gasteiger partial charge in [0.1, 0.15) is 5.60 Å². The van der Waals surface area contributed by atoms with Crippen molar-refractivity contribution in [2.45, 2.75) is 72.4 Å². The molecule has 0 aliphatic carbocycles. The summed E-state index contributed by atoms with van der Waals surface area (Å²) in [6.07, 6.45) is 1.89. The Bertz CT molecular complexity index is 441. The molecule has 0 bridgehead atoms. The second-order valence-electron chi connectivity index (χ2n) is 8.53. The predicted octanol–water partition coefficient (Wildman–Crippen LogP) is 3.61. The molecule has 0 aromatic carbocycles. The van der Waals surface area contributed by atoms with Gasteiger partial charge < -0.3 is 20.3 Å². The average molecular weight is 468 g/mol. The van der Waals surface area contributed by atoms with Crippen LogP contribution in [0, 0.1) is 5.92 Å². The number of nitrogens with one attached hydrogen (secondary N) is 2. The third-order valence-electron chi connectivity index (χ3n) is 3.52. The van der Waals surface area contributed by atoms with Crippen molar-refractivity contribution in [1.82, 2.24) is 15.5 Å². The molecule has 1 atom stereocenters. The van der Waals surface area contributed by atoms with Gasteiger partial charge in [0.2, 0.25) is 0 Å². The van der Waals surface area contributed by atoms with Crippen LogP contribution in [-0.4, -0.2) is 54.3 Å². The average Bonchev–Trinajstić information content (AvgIpc) is 2.42. The van der Waals surface area contributed by atoms with Crippen LogP contribution < -0.4 is 10.6 Å². The molecule has 1 heterocycles. The zero-order valence-corrected chi connectivity index (χ0v) is 19.3. The fraction of sp³-hybridized carbons (Fsp3) is 0.889. The Morgan fingerprint density at radius 3 is 2.40 bits per heavy atom. The van der Waals surface area contributed by atoms with Crippen LogP contribution >= 0.6 is 24.0 Å². The van der Waals surface area contributed by atoms with Crippen molar-refractivity contribution in [2.75, 3.05) is 26.2 Å². The largest absolute Gasteiger partial charge is 0.444 e. The van der Waals surface area contributed by atoms with Gasteiger partial charge in [0, 0.05) is 31.7 Å². The predicted molar refractivity (Wildman–Crippen MR) is 115 cm³/mol. The van der Waals surface area contributed by atoms with E-state index < -0.39 is 5.60 Å². The van der Waals surface area contributed by atoms with E-state index in [0.717, 1.165) is 31.9 Å². The number of likely N-dealkylation sites (tertiary alicyclic amines) is 1. The summed E-state index contributed by atoms with van der Waals surface area (Å²) < 4.78 is 5.48. The highest BCUT2D eigenvalue weighted by Gasteiger charge is 2.27. The SMILES string of the molecule is CCNC(=NCC1CCCN(C(=O)OC(C)(C)C)C1)NC(C)(C)C.I. The van der Waals surface area contributed by atoms with Crippen LogP contribution in [0.2, 0.25) is 0 Å². The van der Waals surface area contributed by atoms with Crippen molar-refractivity contribution >= 4 is 36.0 Å². The van der Waals surface area contributed by atoms with Crippen LogP contribution in [0.4, 0.5) is 4.79 Å². The highest BCUT2D eigenvalue weighted by molar-refractivity contribution is 14.0. The highest BCUT2D eigenvalue weighted by atomic mass is 127. The van der Waals surface area contributed by atoms with Gasteiger partial charge in [-0.2, -0.15) is 0 Å². The summed E-state index contributed by atoms with van der Waals surface area (Å²) in [7, 11) is 0. The Morgan fingerprint density at radius 2 is 1.88 bits per heavy atom. The molecule has 7 heteroatoms. The van der Waals surface area contributed by atoms with Gasteiger partial charge in [0.25, 0.3) is 0 Å². The number of carbonyl (C=O) groups is 1. The summed E-state index contributed by atoms with van der Waals surface area (Å²) in [5.74, 6) is 1.21. The van der Waals surface area contributed by atoms with Gasteiger partial charge in [0.05, 0.1) is 0 Å². The van der Waals surface area contributed by atoms with Crippen molar-refractivity contribution < 1.29 is 9.53 Å². The van der Waals surface area contributed by atoms with Crippen molar-refractivity contribution in [3.63, 3.8) is 0 Å². The lowest BCUT2D eigenvalue weighted by atomic mass is 9.98. The first-order valence-corrected chi connectivity index (χ1v) is 9.04. The molecule has 1 fully saturated rings. The Hall–Kier alpha value is -0.730. The first kappa shape index (κ1) is 24.3. The fourth-order valence-electron chi connectivity index (χ4n) is 2.59. The molecule has 1 unspecified atom stereocenters. The second kappa shape index (κ2) is 10.4. The molecule has 1 amide bonds. The van der Waals surface area contributed by atoms with Gasteiger partial charge in [-0.25, -0.2) is 4.79 Å². The number of aliphatic imine (C=N–C) groups is 1. The maximum absolute atomic E-state index is 12.2. The van der Waals surface area contributed by atoms with Crippen molar-refractivity contribution in [1.29, 1.82) is 0 Å². The number of piperidine rings is 1. The van der Waals surface area contributed by atoms with E-state index in [1.807, 2.05) is 25.7 Å². The molecule has 148 valence electrons. The molecule has 0 radical (unpaired) electrons. The molecule has 1 aliphatic heterocycles. The molecule has 1 saturated heterocycles. The van der Waals surface area contributed by atoms with E-state index in [2.05, 4.69) is 38.3 Å². The van der Waals surface area contributed by atoms with Crippen molar-refractivity contribution in [3.05, 3.63) is 0 Å². The number of nitrogens with zero attached hydrogens (tertiary/aromatic N) is 2. The minimum Gasteiger partial charge on any atom is -0.444 e. The minimum atomic E-state index is -0.447. The molecule has 1 aliphatic rings. The lowest BCUT2D eigenvalue weighted by Crippen LogP contribution is -2.48. The van der Waals surface area contributed by atoms with E-state index in [9.17, 15) is 4.79 Å². The third kappa shape index (κ3) is 10.8. The van der Waals surface area contributed by atoms with E-state index in [0.29, 0.717) is 19.0 Å². The zero-order valence-electron chi connectivity index (χ0n) is 16.9. The maximum atomic E-state index is 12.2. The Balaban J connectivity index is 0.00000576. The molecular formula is C18H37IN4O2. The van der Waals surface area contributed by atoms with Crippen LogP contribution in [0.1, 0.15) is 61.3 Å². The lowest BCUT2D eigenvalue weighted by molar-refractivity contribution is 0.0170. The van der Waals surface area contributed by atoms with Crippen molar-refractivity contribution in [2.24, 2.45) is 10.9 Å². The van der Waals surface area contributed by atoms with Crippen LogP contribution in [0.3, 0.4) is 0 Å². The standard InChI is InChI=1S/C18H36N4O2.HI/c1-8-19-15(21-17(2,3)4)20-12-14-10-9-11-22(13-14)16(23)24-18(5,6)7;/h14H,8-13H2,1-7H3,(H2,19,20,21);1H. The Morgan fingerprint density at radius 1 is 1.24 bits per heavy atom. The van der Waals surface area contributed by atoms with E-state index in [-0.39, 0.29) is 35.6 Å². The molecule has 25 heavy (non-hydrogen) atoms. The van der Waals surface area contributed by atoms with Crippen LogP contribution in [0.25, 0.3) is 0 Å². The van der Waals surface area contributed by atoms with Gasteiger partial charge in [0.15, 0.2) is 5.96 Å². The minimum absolute atomic E-state index is 0. The highest BCUT2D eigenvalue weighted by Crippen LogP contribution is 2.19. The van der Waals surface area contributed by atoms with Crippen LogP contribution in [-0.2, 0) is 4.74 Å². The van der Waals surface area contributed by atoms with Gasteiger partial charge in [-0.1, -0.05) is 0 Å². The Kier molecular flexibility index (Phi) is 10.1. The van der Waals surface area contributed by atoms with Gasteiger partial charge in [-0.15, -0.1) is 24.0 Å². The summed E-state index contributed by atoms with van der Waals surface area (Å²) in [6, 6.07) is 0. The summed E-state index contributed by atoms with van der Waals surface area (Å²) in [5, 5.41) is 6.67. The van der Waals surface area contributed by atoms with Gasteiger partial charge in [-0.3, -0.25) is 4.99 Å². The molecule has 1 rings (SSSR count). The molecule has 0 saturated carbocycles. The molecule has 0 aromatic rings. The normalized spacial score (nSPS) is 19.1. The number of guanidine groups is 1. The van der Waals surface area contributed by atoms with E-state index in [1.54, 1.807) is 0 Å². The molecule has 0 spiro atoms. The number of hydrogen-bond acceptors (Lipinski definition) is 3. The number of carbonyl (C=O) groups excluding carboxylic acids is 1. The molecule has 2 N–H and O–H groups in total. The number of amides is 1. The first-order chi connectivity index (χ1) is 11.0. The lowest BCUT2D eigenvalue weighted by Gasteiger charge is -2.33. The maximum Gasteiger partial charge on any atom is 0.410 e. The number of halogens is 1. The van der Waals surface area contributed by atoms with Crippen molar-refractivity contribution in [3.8, 4) is 0 Å². The first-order valence-electron chi connectivity index (χ1n) is 9.04. The summed E-state index contributed by atoms with van der Waals surface area (Å²) >= 11 is 0. The van der Waals surface area contributed by atoms with Gasteiger partial charge >= 0.3 is 6.09 Å². The van der Waals surface area contributed by atoms with Crippen LogP contribution in [0.5, 0.6) is 0 Å². The summed E-state index contributed by atoms with van der Waals surface area (Å²) in [6.45, 7) is 17.1. The number of rotatable bonds is 3. The monoisotopic (exact) mass is 468 g/mol. The third-order valence-corrected chi connectivity index (χ3v) is 3.52. The summed E-state index contributed by atoms with van der Waals surface area (Å²) in [5.41, 5.74) is -0.479. The summed E-state index contributed by atoms with van der Waals surface area (Å²) in [4.78, 5) is 18.8. The quantitative estimate of drug-likeness (QED) is 0.378. The smallest absolute Gasteiger partial charge is 0.410 e. The van der Waals surface area contributed by atoms with Gasteiger partial charge in [-0.05, 0) is 67.2 Å². The topological polar surface area (TPSA) is 66.0 Å². The zero-order chi connectivity index (χ0) is 18.4. The number of ether oxygens (including phenoxy) is 1. The molecule has 6 nitrogen and oxygen atoms in total. The Labute approximate surface area is 170 Å². The number of hydrogen-bond donors (Lipinski definition) is 2. The van der Waals surface area contributed by atoms with E-state index >= 15 is 0 Å². The second-order valence-corrected chi connectivity index (χ2v) is 8.53. The van der Waals surface area contributed by atoms with E-state index in [1.165, 1.54) is 0 Å². The molecular weight excluding hydrogens is 431 g/mol. The van der Waals surface area contributed by atoms with E-state index in [4.69, 9.17) is 9.73 Å². The fourth-order valence-corrected chi connectivity index (χ4v) is 2.59. The molecule has 0 aromatic heterocycles.